The van der Waals surface area contributed by atoms with Crippen LogP contribution in [0.25, 0.3) is 0 Å². The first-order valence-corrected chi connectivity index (χ1v) is 4.24. The van der Waals surface area contributed by atoms with Gasteiger partial charge in [0.25, 0.3) is 0 Å². The third-order valence-corrected chi connectivity index (χ3v) is 1.88. The van der Waals surface area contributed by atoms with Gasteiger partial charge in [-0.25, -0.2) is 25.1 Å². The van der Waals surface area contributed by atoms with Gasteiger partial charge < -0.3 is 0 Å². The molecule has 1 rings (SSSR count). The molecule has 13 heteroatoms. The zero-order valence-corrected chi connectivity index (χ0v) is 8.45. The largest absolute Gasteiger partial charge is 0.235 e. The van der Waals surface area contributed by atoms with Crippen molar-refractivity contribution < 1.29 is 5.03 Å². The Hall–Kier alpha value is -2.60. The highest BCUT2D eigenvalue weighted by atomic mass is 16.7. The Morgan fingerprint density at radius 3 is 1.47 bits per heavy atom. The van der Waals surface area contributed by atoms with E-state index in [9.17, 15) is 24.8 Å². The van der Waals surface area contributed by atoms with Crippen LogP contribution in [-0.2, 0) is 0 Å². The second-order valence-corrected chi connectivity index (χ2v) is 3.07. The summed E-state index contributed by atoms with van der Waals surface area (Å²) in [7, 11) is 0. The summed E-state index contributed by atoms with van der Waals surface area (Å²) in [5, 5.41) is 20.1. The average Bonchev–Trinajstić information content (AvgIpc) is 2.29. The molecule has 0 aromatic carbocycles. The van der Waals surface area contributed by atoms with Crippen molar-refractivity contribution in [3.8, 4) is 0 Å². The summed E-state index contributed by atoms with van der Waals surface area (Å²) >= 11 is 0. The van der Waals surface area contributed by atoms with Crippen LogP contribution in [-0.4, -0.2) is 51.7 Å². The molecule has 0 bridgehead atoms. The standard InChI is InChI=1S/C4H8N8O5/c13-5-8-1-9(6-14)3-11(12(16)17)4-10(2-8)7-15/h1-4H2. The molecule has 0 spiro atoms. The van der Waals surface area contributed by atoms with Gasteiger partial charge in [0.15, 0.2) is 18.4 Å². The fourth-order valence-electron chi connectivity index (χ4n) is 1.19. The fraction of sp³-hybridized carbons (Fsp3) is 1.00. The molecule has 0 amide bonds. The van der Waals surface area contributed by atoms with Crippen molar-refractivity contribution in [1.82, 2.24) is 20.0 Å². The number of hydrogen-bond donors (Lipinski definition) is 0. The van der Waals surface area contributed by atoms with Crippen molar-refractivity contribution >= 4 is 0 Å². The van der Waals surface area contributed by atoms with Gasteiger partial charge in [0.2, 0.25) is 0 Å². The smallest absolute Gasteiger partial charge is 0.173 e. The Morgan fingerprint density at radius 2 is 1.18 bits per heavy atom. The number of nitro groups is 1. The Balaban J connectivity index is 2.82. The predicted molar refractivity (Wildman–Crippen MR) is 51.2 cm³/mol. The zero-order valence-electron chi connectivity index (χ0n) is 8.45. The van der Waals surface area contributed by atoms with Crippen LogP contribution in [0, 0.1) is 24.8 Å². The van der Waals surface area contributed by atoms with Crippen LogP contribution >= 0.6 is 0 Å². The molecule has 0 aromatic heterocycles. The molecule has 0 aromatic rings. The van der Waals surface area contributed by atoms with E-state index in [1.54, 1.807) is 0 Å². The van der Waals surface area contributed by atoms with E-state index < -0.39 is 18.4 Å². The summed E-state index contributed by atoms with van der Waals surface area (Å²) in [4.78, 5) is 41.7. The van der Waals surface area contributed by atoms with Gasteiger partial charge >= 0.3 is 0 Å². The average molecular weight is 248 g/mol. The Labute approximate surface area is 93.5 Å². The van der Waals surface area contributed by atoms with Gasteiger partial charge in [-0.2, -0.15) is 0 Å². The zero-order chi connectivity index (χ0) is 12.8. The van der Waals surface area contributed by atoms with Crippen LogP contribution in [0.3, 0.4) is 0 Å². The molecule has 1 fully saturated rings. The molecule has 1 aliphatic heterocycles. The van der Waals surface area contributed by atoms with Crippen molar-refractivity contribution in [2.24, 2.45) is 15.9 Å². The molecular formula is C4H8N8O5. The van der Waals surface area contributed by atoms with Crippen molar-refractivity contribution in [2.75, 3.05) is 26.7 Å². The summed E-state index contributed by atoms with van der Waals surface area (Å²) in [5.41, 5.74) is 0. The Bertz CT molecular complexity index is 303. The molecule has 0 aliphatic carbocycles. The first-order valence-electron chi connectivity index (χ1n) is 4.24. The normalized spacial score (nSPS) is 17.2. The second-order valence-electron chi connectivity index (χ2n) is 3.07. The summed E-state index contributed by atoms with van der Waals surface area (Å²) in [6.07, 6.45) is 0. The summed E-state index contributed by atoms with van der Waals surface area (Å²) < 4.78 is 0. The third kappa shape index (κ3) is 3.18. The number of nitroso groups, excluding NO2 is 3. The molecule has 94 valence electrons. The molecule has 1 saturated heterocycles. The maximum absolute atomic E-state index is 10.6. The van der Waals surface area contributed by atoms with Crippen molar-refractivity contribution in [2.45, 2.75) is 0 Å². The quantitative estimate of drug-likeness (QED) is 0.357. The van der Waals surface area contributed by atoms with Gasteiger partial charge in [-0.15, -0.1) is 14.7 Å². The monoisotopic (exact) mass is 248 g/mol. The summed E-state index contributed by atoms with van der Waals surface area (Å²) in [6.45, 7) is -1.73. The van der Waals surface area contributed by atoms with Crippen LogP contribution in [0.4, 0.5) is 0 Å². The van der Waals surface area contributed by atoms with E-state index >= 15 is 0 Å². The SMILES string of the molecule is O=NN1CN(N=O)CN([N+](=O)[O-])CN(N=O)C1. The number of rotatable bonds is 4. The van der Waals surface area contributed by atoms with Gasteiger partial charge in [0.05, 0.1) is 15.9 Å². The van der Waals surface area contributed by atoms with Crippen molar-refractivity contribution in [3.63, 3.8) is 0 Å². The van der Waals surface area contributed by atoms with Crippen LogP contribution in [0.15, 0.2) is 15.9 Å². The lowest BCUT2D eigenvalue weighted by molar-refractivity contribution is -0.665. The minimum Gasteiger partial charge on any atom is -0.235 e. The van der Waals surface area contributed by atoms with E-state index in [4.69, 9.17) is 0 Å². The van der Waals surface area contributed by atoms with Gasteiger partial charge in [-0.3, -0.25) is 0 Å². The van der Waals surface area contributed by atoms with E-state index in [2.05, 4.69) is 15.9 Å². The van der Waals surface area contributed by atoms with E-state index in [0.717, 1.165) is 5.01 Å². The van der Waals surface area contributed by atoms with E-state index in [0.29, 0.717) is 15.0 Å². The summed E-state index contributed by atoms with van der Waals surface area (Å²) in [6, 6.07) is 0. The van der Waals surface area contributed by atoms with Crippen LogP contribution in [0.2, 0.25) is 0 Å². The van der Waals surface area contributed by atoms with Crippen molar-refractivity contribution in [3.05, 3.63) is 24.8 Å². The van der Waals surface area contributed by atoms with Gasteiger partial charge in [0.1, 0.15) is 13.3 Å². The number of hydrazine groups is 1. The highest BCUT2D eigenvalue weighted by Gasteiger charge is 2.28. The number of hydrogen-bond acceptors (Lipinski definition) is 8. The maximum atomic E-state index is 10.6. The molecule has 0 radical (unpaired) electrons. The lowest BCUT2D eigenvalue weighted by atomic mass is 10.7. The highest BCUT2D eigenvalue weighted by molar-refractivity contribution is 4.58. The van der Waals surface area contributed by atoms with Gasteiger partial charge in [0, 0.05) is 0 Å². The van der Waals surface area contributed by atoms with E-state index in [-0.39, 0.29) is 13.3 Å². The van der Waals surface area contributed by atoms with E-state index in [1.807, 2.05) is 0 Å². The molecule has 0 atom stereocenters. The first kappa shape index (κ1) is 12.5. The topological polar surface area (TPSA) is 144 Å². The molecule has 1 heterocycles. The minimum absolute atomic E-state index is 0.372. The Morgan fingerprint density at radius 1 is 0.824 bits per heavy atom. The molecule has 1 aliphatic rings. The lowest BCUT2D eigenvalue weighted by Crippen LogP contribution is -2.51. The number of nitrogens with zero attached hydrogens (tertiary/aromatic N) is 8. The van der Waals surface area contributed by atoms with Gasteiger partial charge in [-0.05, 0) is 0 Å². The van der Waals surface area contributed by atoms with Crippen LogP contribution in [0.1, 0.15) is 0 Å². The predicted octanol–water partition coefficient (Wildman–Crippen LogP) is -0.726. The Kier molecular flexibility index (Phi) is 4.02. The molecule has 0 unspecified atom stereocenters. The van der Waals surface area contributed by atoms with E-state index in [1.165, 1.54) is 0 Å². The van der Waals surface area contributed by atoms with Crippen molar-refractivity contribution in [1.29, 1.82) is 0 Å². The molecule has 13 nitrogen and oxygen atoms in total. The molecular weight excluding hydrogens is 240 g/mol. The third-order valence-electron chi connectivity index (χ3n) is 1.88. The molecule has 0 saturated carbocycles. The fourth-order valence-corrected chi connectivity index (χ4v) is 1.19. The lowest BCUT2D eigenvalue weighted by Gasteiger charge is -2.30. The van der Waals surface area contributed by atoms with Gasteiger partial charge in [-0.1, -0.05) is 5.01 Å². The second kappa shape index (κ2) is 5.47. The van der Waals surface area contributed by atoms with Crippen LogP contribution < -0.4 is 0 Å². The highest BCUT2D eigenvalue weighted by Crippen LogP contribution is 2.07. The molecule has 0 N–H and O–H groups in total. The maximum Gasteiger partial charge on any atom is 0.173 e. The summed E-state index contributed by atoms with van der Waals surface area (Å²) in [5.74, 6) is 0. The molecule has 17 heavy (non-hydrogen) atoms. The first-order chi connectivity index (χ1) is 8.10. The van der Waals surface area contributed by atoms with Crippen LogP contribution in [0.5, 0.6) is 0 Å². The minimum atomic E-state index is -0.805.